The Bertz CT molecular complexity index is 1250. The summed E-state index contributed by atoms with van der Waals surface area (Å²) in [5, 5.41) is 0. The number of hydrogen-bond acceptors (Lipinski definition) is 1. The summed E-state index contributed by atoms with van der Waals surface area (Å²) in [5.74, 6) is 1.27. The molecule has 0 saturated carbocycles. The molecule has 1 nitrogen and oxygen atoms in total. The number of hydrogen-bond donors (Lipinski definition) is 0. The molecule has 0 heterocycles. The SMILES string of the molecule is Cc1ccc(Oc2ccc(C)cc2CCc2ccc(F)cc2I)c(CCc2ccc(F)cc2I)c1. The van der Waals surface area contributed by atoms with Crippen molar-refractivity contribution in [1.82, 2.24) is 0 Å². The van der Waals surface area contributed by atoms with Gasteiger partial charge >= 0.3 is 0 Å². The predicted molar refractivity (Wildman–Crippen MR) is 155 cm³/mol. The molecule has 0 spiro atoms. The Morgan fingerprint density at radius 2 is 0.943 bits per heavy atom. The highest BCUT2D eigenvalue weighted by molar-refractivity contribution is 14.1. The van der Waals surface area contributed by atoms with Crippen molar-refractivity contribution in [2.24, 2.45) is 0 Å². The molecule has 0 unspecified atom stereocenters. The summed E-state index contributed by atoms with van der Waals surface area (Å²) in [6, 6.07) is 22.4. The second-order valence-electron chi connectivity index (χ2n) is 8.80. The zero-order chi connectivity index (χ0) is 24.9. The van der Waals surface area contributed by atoms with E-state index in [0.29, 0.717) is 0 Å². The van der Waals surface area contributed by atoms with Crippen LogP contribution in [0.3, 0.4) is 0 Å². The van der Waals surface area contributed by atoms with Crippen LogP contribution < -0.4 is 4.74 Å². The molecule has 4 aromatic rings. The molecule has 0 aliphatic rings. The molecule has 0 amide bonds. The largest absolute Gasteiger partial charge is 0.457 e. The summed E-state index contributed by atoms with van der Waals surface area (Å²) in [7, 11) is 0. The molecular formula is C30H26F2I2O. The number of halogens is 4. The zero-order valence-corrected chi connectivity index (χ0v) is 24.0. The van der Waals surface area contributed by atoms with Crippen LogP contribution in [0.25, 0.3) is 0 Å². The fraction of sp³-hybridized carbons (Fsp3) is 0.200. The first kappa shape index (κ1) is 26.1. The quantitative estimate of drug-likeness (QED) is 0.167. The van der Waals surface area contributed by atoms with E-state index in [1.807, 2.05) is 24.3 Å². The molecule has 180 valence electrons. The van der Waals surface area contributed by atoms with Gasteiger partial charge in [0.15, 0.2) is 0 Å². The minimum absolute atomic E-state index is 0.208. The van der Waals surface area contributed by atoms with Crippen molar-refractivity contribution in [3.8, 4) is 11.5 Å². The molecule has 4 rings (SSSR count). The second-order valence-corrected chi connectivity index (χ2v) is 11.1. The van der Waals surface area contributed by atoms with E-state index in [9.17, 15) is 8.78 Å². The third kappa shape index (κ3) is 7.03. The van der Waals surface area contributed by atoms with Crippen molar-refractivity contribution in [3.05, 3.63) is 125 Å². The van der Waals surface area contributed by atoms with Crippen LogP contribution in [0.2, 0.25) is 0 Å². The minimum atomic E-state index is -0.208. The van der Waals surface area contributed by atoms with E-state index in [2.05, 4.69) is 83.3 Å². The van der Waals surface area contributed by atoms with Crippen molar-refractivity contribution in [3.63, 3.8) is 0 Å². The summed E-state index contributed by atoms with van der Waals surface area (Å²) < 4.78 is 35.4. The normalized spacial score (nSPS) is 11.0. The lowest BCUT2D eigenvalue weighted by molar-refractivity contribution is 0.469. The molecular weight excluding hydrogens is 668 g/mol. The average molecular weight is 694 g/mol. The monoisotopic (exact) mass is 694 g/mol. The van der Waals surface area contributed by atoms with Crippen molar-refractivity contribution >= 4 is 45.2 Å². The molecule has 4 aromatic carbocycles. The first-order valence-corrected chi connectivity index (χ1v) is 13.7. The van der Waals surface area contributed by atoms with Crippen LogP contribution in [0, 0.1) is 32.6 Å². The van der Waals surface area contributed by atoms with Gasteiger partial charge in [-0.1, -0.05) is 47.5 Å². The third-order valence-electron chi connectivity index (χ3n) is 6.01. The van der Waals surface area contributed by atoms with Gasteiger partial charge in [0, 0.05) is 7.14 Å². The molecule has 0 bridgehead atoms. The molecule has 0 fully saturated rings. The topological polar surface area (TPSA) is 9.23 Å². The summed E-state index contributed by atoms with van der Waals surface area (Å²) in [6.07, 6.45) is 3.21. The summed E-state index contributed by atoms with van der Waals surface area (Å²) in [6.45, 7) is 4.16. The summed E-state index contributed by atoms with van der Waals surface area (Å²) >= 11 is 4.39. The van der Waals surface area contributed by atoms with Gasteiger partial charge in [-0.3, -0.25) is 0 Å². The Balaban J connectivity index is 1.55. The lowest BCUT2D eigenvalue weighted by Gasteiger charge is -2.16. The van der Waals surface area contributed by atoms with Gasteiger partial charge in [0.2, 0.25) is 0 Å². The van der Waals surface area contributed by atoms with Crippen LogP contribution in [0.4, 0.5) is 8.78 Å². The maximum absolute atomic E-state index is 13.5. The van der Waals surface area contributed by atoms with E-state index in [0.717, 1.165) is 66.6 Å². The second kappa shape index (κ2) is 11.8. The highest BCUT2D eigenvalue weighted by atomic mass is 127. The number of ether oxygens (including phenoxy) is 1. The van der Waals surface area contributed by atoms with E-state index in [4.69, 9.17) is 4.74 Å². The highest BCUT2D eigenvalue weighted by Crippen LogP contribution is 2.32. The van der Waals surface area contributed by atoms with Gasteiger partial charge in [-0.25, -0.2) is 8.78 Å². The van der Waals surface area contributed by atoms with Crippen LogP contribution in [0.15, 0.2) is 72.8 Å². The standard InChI is InChI=1S/C30H26F2I2O/c1-19-3-13-29(23(15-19)7-5-21-9-11-25(31)17-27(21)33)35-30-14-4-20(2)16-24(30)8-6-22-10-12-26(32)18-28(22)34/h3-4,9-18H,5-8H2,1-2H3. The van der Waals surface area contributed by atoms with Gasteiger partial charge in [0.1, 0.15) is 23.1 Å². The van der Waals surface area contributed by atoms with E-state index in [-0.39, 0.29) is 11.6 Å². The molecule has 35 heavy (non-hydrogen) atoms. The van der Waals surface area contributed by atoms with Crippen molar-refractivity contribution in [2.75, 3.05) is 0 Å². The van der Waals surface area contributed by atoms with Crippen LogP contribution >= 0.6 is 45.2 Å². The van der Waals surface area contributed by atoms with Gasteiger partial charge in [-0.05, 0) is 143 Å². The van der Waals surface area contributed by atoms with Crippen molar-refractivity contribution in [1.29, 1.82) is 0 Å². The number of benzene rings is 4. The Labute approximate surface area is 233 Å². The van der Waals surface area contributed by atoms with E-state index >= 15 is 0 Å². The Kier molecular flexibility index (Phi) is 8.81. The summed E-state index contributed by atoms with van der Waals surface area (Å²) in [4.78, 5) is 0. The van der Waals surface area contributed by atoms with Gasteiger partial charge < -0.3 is 4.74 Å². The highest BCUT2D eigenvalue weighted by Gasteiger charge is 2.12. The number of rotatable bonds is 8. The Morgan fingerprint density at radius 3 is 1.34 bits per heavy atom. The molecule has 5 heteroatoms. The van der Waals surface area contributed by atoms with E-state index in [1.165, 1.54) is 23.3 Å². The predicted octanol–water partition coefficient (Wildman–Crippen LogP) is 9.15. The Hall–Kier alpha value is -2.00. The van der Waals surface area contributed by atoms with Gasteiger partial charge in [-0.2, -0.15) is 0 Å². The Morgan fingerprint density at radius 1 is 0.543 bits per heavy atom. The maximum Gasteiger partial charge on any atom is 0.130 e. The maximum atomic E-state index is 13.5. The van der Waals surface area contributed by atoms with Crippen LogP contribution in [-0.4, -0.2) is 0 Å². The fourth-order valence-corrected chi connectivity index (χ4v) is 5.61. The van der Waals surface area contributed by atoms with Crippen molar-refractivity contribution < 1.29 is 13.5 Å². The molecule has 0 N–H and O–H groups in total. The average Bonchev–Trinajstić information content (AvgIpc) is 2.81. The molecule has 0 atom stereocenters. The smallest absolute Gasteiger partial charge is 0.130 e. The molecule has 0 aromatic heterocycles. The lowest BCUT2D eigenvalue weighted by atomic mass is 10.0. The van der Waals surface area contributed by atoms with Crippen LogP contribution in [-0.2, 0) is 25.7 Å². The lowest BCUT2D eigenvalue weighted by Crippen LogP contribution is -2.01. The number of aryl methyl sites for hydroxylation is 6. The first-order valence-electron chi connectivity index (χ1n) is 11.5. The van der Waals surface area contributed by atoms with Gasteiger partial charge in [-0.15, -0.1) is 0 Å². The minimum Gasteiger partial charge on any atom is -0.457 e. The zero-order valence-electron chi connectivity index (χ0n) is 19.7. The van der Waals surface area contributed by atoms with Crippen LogP contribution in [0.5, 0.6) is 11.5 Å². The third-order valence-corrected chi connectivity index (χ3v) is 8.02. The van der Waals surface area contributed by atoms with Gasteiger partial charge in [0.25, 0.3) is 0 Å². The molecule has 0 saturated heterocycles. The molecule has 0 radical (unpaired) electrons. The first-order chi connectivity index (χ1) is 16.8. The fourth-order valence-electron chi connectivity index (χ4n) is 4.11. The van der Waals surface area contributed by atoms with Gasteiger partial charge in [0.05, 0.1) is 0 Å². The van der Waals surface area contributed by atoms with Crippen molar-refractivity contribution in [2.45, 2.75) is 39.5 Å². The van der Waals surface area contributed by atoms with E-state index < -0.39 is 0 Å². The van der Waals surface area contributed by atoms with Crippen LogP contribution in [0.1, 0.15) is 33.4 Å². The van der Waals surface area contributed by atoms with E-state index in [1.54, 1.807) is 12.1 Å². The molecule has 0 aliphatic carbocycles. The summed E-state index contributed by atoms with van der Waals surface area (Å²) in [5.41, 5.74) is 6.87. The molecule has 0 aliphatic heterocycles.